The summed E-state index contributed by atoms with van der Waals surface area (Å²) in [7, 11) is 1.74. The normalized spacial score (nSPS) is 10.7. The van der Waals surface area contributed by atoms with Gasteiger partial charge in [-0.05, 0) is 31.7 Å². The number of aryl methyl sites for hydroxylation is 1. The highest BCUT2D eigenvalue weighted by atomic mass is 32.1. The van der Waals surface area contributed by atoms with Crippen LogP contribution in [0, 0.1) is 12.7 Å². The Bertz CT molecular complexity index is 720. The molecule has 1 aromatic carbocycles. The molecular formula is C16H19FN4O2S. The van der Waals surface area contributed by atoms with E-state index in [1.165, 1.54) is 23.5 Å². The topological polar surface area (TPSA) is 74.3 Å². The molecule has 0 aliphatic rings. The molecule has 6 nitrogen and oxygen atoms in total. The van der Waals surface area contributed by atoms with Crippen LogP contribution in [0.15, 0.2) is 29.6 Å². The highest BCUT2D eigenvalue weighted by Gasteiger charge is 2.10. The molecule has 0 atom stereocenters. The van der Waals surface area contributed by atoms with Gasteiger partial charge < -0.3 is 0 Å². The Labute approximate surface area is 143 Å². The number of likely N-dealkylation sites (N-methyl/N-ethyl adjacent to an activating group) is 1. The number of hydrogen-bond donors (Lipinski definition) is 2. The zero-order chi connectivity index (χ0) is 17.5. The number of nitrogens with zero attached hydrogens (tertiary/aromatic N) is 2. The van der Waals surface area contributed by atoms with Crippen molar-refractivity contribution < 1.29 is 14.0 Å². The van der Waals surface area contributed by atoms with Gasteiger partial charge in [-0.3, -0.25) is 25.3 Å². The van der Waals surface area contributed by atoms with Crippen molar-refractivity contribution in [1.82, 2.24) is 20.7 Å². The maximum Gasteiger partial charge on any atom is 0.252 e. The first-order chi connectivity index (χ1) is 11.4. The number of rotatable bonds is 6. The zero-order valence-electron chi connectivity index (χ0n) is 13.5. The van der Waals surface area contributed by atoms with Crippen molar-refractivity contribution in [3.63, 3.8) is 0 Å². The first-order valence-corrected chi connectivity index (χ1v) is 8.22. The van der Waals surface area contributed by atoms with Gasteiger partial charge in [0.2, 0.25) is 5.91 Å². The summed E-state index contributed by atoms with van der Waals surface area (Å²) in [5.74, 6) is -0.988. The van der Waals surface area contributed by atoms with Crippen molar-refractivity contribution in [1.29, 1.82) is 0 Å². The van der Waals surface area contributed by atoms with Crippen LogP contribution in [0.25, 0.3) is 0 Å². The predicted octanol–water partition coefficient (Wildman–Crippen LogP) is 1.41. The van der Waals surface area contributed by atoms with Crippen molar-refractivity contribution in [3.8, 4) is 0 Å². The molecule has 2 amide bonds. The minimum absolute atomic E-state index is 0.0765. The Morgan fingerprint density at radius 2 is 2.04 bits per heavy atom. The SMILES string of the molecule is Cc1csc(CC(=O)NNC(=O)CN(C)Cc2cccc(F)c2)n1. The number of nitrogens with one attached hydrogen (secondary N) is 2. The summed E-state index contributed by atoms with van der Waals surface area (Å²) in [5.41, 5.74) is 6.36. The fraction of sp³-hybridized carbons (Fsp3) is 0.312. The molecule has 8 heteroatoms. The molecule has 2 aromatic rings. The summed E-state index contributed by atoms with van der Waals surface area (Å²) in [6.45, 7) is 2.36. The first kappa shape index (κ1) is 18.0. The molecule has 0 fully saturated rings. The number of hydrogen-bond acceptors (Lipinski definition) is 5. The molecule has 0 bridgehead atoms. The molecule has 1 heterocycles. The second-order valence-electron chi connectivity index (χ2n) is 5.46. The Balaban J connectivity index is 1.71. The van der Waals surface area contributed by atoms with E-state index in [-0.39, 0.29) is 30.6 Å². The maximum absolute atomic E-state index is 13.1. The molecule has 0 spiro atoms. The number of benzene rings is 1. The van der Waals surface area contributed by atoms with E-state index in [2.05, 4.69) is 15.8 Å². The summed E-state index contributed by atoms with van der Waals surface area (Å²) >= 11 is 1.40. The summed E-state index contributed by atoms with van der Waals surface area (Å²) in [6, 6.07) is 6.20. The monoisotopic (exact) mass is 350 g/mol. The average molecular weight is 350 g/mol. The second kappa shape index (κ2) is 8.51. The van der Waals surface area contributed by atoms with Gasteiger partial charge in [0.25, 0.3) is 5.91 Å². The smallest absolute Gasteiger partial charge is 0.252 e. The minimum Gasteiger partial charge on any atom is -0.293 e. The highest BCUT2D eigenvalue weighted by molar-refractivity contribution is 7.09. The van der Waals surface area contributed by atoms with E-state index in [0.717, 1.165) is 11.3 Å². The van der Waals surface area contributed by atoms with E-state index in [1.807, 2.05) is 12.3 Å². The van der Waals surface area contributed by atoms with Crippen molar-refractivity contribution >= 4 is 23.2 Å². The zero-order valence-corrected chi connectivity index (χ0v) is 14.3. The molecular weight excluding hydrogens is 331 g/mol. The van der Waals surface area contributed by atoms with Gasteiger partial charge in [0.05, 0.1) is 13.0 Å². The Morgan fingerprint density at radius 1 is 1.29 bits per heavy atom. The van der Waals surface area contributed by atoms with Gasteiger partial charge in [0.15, 0.2) is 0 Å². The summed E-state index contributed by atoms with van der Waals surface area (Å²) in [6.07, 6.45) is 0.123. The number of hydrazine groups is 1. The third-order valence-corrected chi connectivity index (χ3v) is 4.04. The number of amides is 2. The summed E-state index contributed by atoms with van der Waals surface area (Å²) in [4.78, 5) is 29.5. The standard InChI is InChI=1S/C16H19FN4O2S/c1-11-10-24-16(18-11)7-14(22)19-20-15(23)9-21(2)8-12-4-3-5-13(17)6-12/h3-6,10H,7-9H2,1-2H3,(H,19,22)(H,20,23). The van der Waals surface area contributed by atoms with Crippen molar-refractivity contribution in [3.05, 3.63) is 51.7 Å². The molecule has 1 aromatic heterocycles. The molecule has 0 aliphatic carbocycles. The van der Waals surface area contributed by atoms with E-state index < -0.39 is 0 Å². The molecule has 128 valence electrons. The van der Waals surface area contributed by atoms with E-state index in [9.17, 15) is 14.0 Å². The van der Waals surface area contributed by atoms with Crippen LogP contribution >= 0.6 is 11.3 Å². The van der Waals surface area contributed by atoms with Gasteiger partial charge in [-0.25, -0.2) is 9.37 Å². The van der Waals surface area contributed by atoms with Crippen molar-refractivity contribution in [2.75, 3.05) is 13.6 Å². The molecule has 24 heavy (non-hydrogen) atoms. The maximum atomic E-state index is 13.1. The van der Waals surface area contributed by atoms with Crippen LogP contribution in [0.1, 0.15) is 16.3 Å². The van der Waals surface area contributed by atoms with Crippen molar-refractivity contribution in [2.45, 2.75) is 19.9 Å². The van der Waals surface area contributed by atoms with Gasteiger partial charge in [-0.15, -0.1) is 11.3 Å². The van der Waals surface area contributed by atoms with Crippen LogP contribution in [-0.4, -0.2) is 35.3 Å². The van der Waals surface area contributed by atoms with Gasteiger partial charge in [-0.2, -0.15) is 0 Å². The van der Waals surface area contributed by atoms with Crippen LogP contribution in [-0.2, 0) is 22.6 Å². The van der Waals surface area contributed by atoms with Gasteiger partial charge in [0, 0.05) is 17.6 Å². The van der Waals surface area contributed by atoms with Crippen LogP contribution in [0.5, 0.6) is 0 Å². The lowest BCUT2D eigenvalue weighted by Crippen LogP contribution is -2.46. The number of thiazole rings is 1. The quantitative estimate of drug-likeness (QED) is 0.773. The van der Waals surface area contributed by atoms with Crippen LogP contribution in [0.2, 0.25) is 0 Å². The lowest BCUT2D eigenvalue weighted by molar-refractivity contribution is -0.129. The number of carbonyl (C=O) groups is 2. The van der Waals surface area contributed by atoms with Gasteiger partial charge >= 0.3 is 0 Å². The molecule has 0 saturated heterocycles. The fourth-order valence-corrected chi connectivity index (χ4v) is 2.86. The molecule has 0 unspecified atom stereocenters. The third kappa shape index (κ3) is 6.05. The predicted molar refractivity (Wildman–Crippen MR) is 89.6 cm³/mol. The lowest BCUT2D eigenvalue weighted by Gasteiger charge is -2.16. The second-order valence-corrected chi connectivity index (χ2v) is 6.40. The first-order valence-electron chi connectivity index (χ1n) is 7.34. The van der Waals surface area contributed by atoms with Crippen LogP contribution in [0.3, 0.4) is 0 Å². The fourth-order valence-electron chi connectivity index (χ4n) is 2.09. The molecule has 0 aliphatic heterocycles. The third-order valence-electron chi connectivity index (χ3n) is 3.07. The molecule has 2 rings (SSSR count). The van der Waals surface area contributed by atoms with Crippen LogP contribution in [0.4, 0.5) is 4.39 Å². The van der Waals surface area contributed by atoms with E-state index in [4.69, 9.17) is 0 Å². The number of carbonyl (C=O) groups excluding carboxylic acids is 2. The summed E-state index contributed by atoms with van der Waals surface area (Å²) < 4.78 is 13.1. The van der Waals surface area contributed by atoms with Crippen molar-refractivity contribution in [2.24, 2.45) is 0 Å². The molecule has 0 radical (unpaired) electrons. The average Bonchev–Trinajstić information content (AvgIpc) is 2.90. The van der Waals surface area contributed by atoms with E-state index in [1.54, 1.807) is 24.1 Å². The van der Waals surface area contributed by atoms with Crippen LogP contribution < -0.4 is 10.9 Å². The number of halogens is 1. The van der Waals surface area contributed by atoms with E-state index >= 15 is 0 Å². The lowest BCUT2D eigenvalue weighted by atomic mass is 10.2. The van der Waals surface area contributed by atoms with E-state index in [0.29, 0.717) is 11.6 Å². The van der Waals surface area contributed by atoms with Gasteiger partial charge in [0.1, 0.15) is 10.8 Å². The molecule has 0 saturated carbocycles. The Kier molecular flexibility index (Phi) is 6.39. The minimum atomic E-state index is -0.349. The highest BCUT2D eigenvalue weighted by Crippen LogP contribution is 2.09. The number of aromatic nitrogens is 1. The summed E-state index contributed by atoms with van der Waals surface area (Å²) in [5, 5.41) is 2.56. The Morgan fingerprint density at radius 3 is 2.71 bits per heavy atom. The largest absolute Gasteiger partial charge is 0.293 e. The Hall–Kier alpha value is -2.32. The van der Waals surface area contributed by atoms with Gasteiger partial charge in [-0.1, -0.05) is 12.1 Å². The molecule has 2 N–H and O–H groups in total.